The van der Waals surface area contributed by atoms with Gasteiger partial charge in [-0.1, -0.05) is 29.3 Å². The van der Waals surface area contributed by atoms with E-state index in [4.69, 9.17) is 23.2 Å². The highest BCUT2D eigenvalue weighted by Gasteiger charge is 2.24. The van der Waals surface area contributed by atoms with Crippen LogP contribution in [0, 0.1) is 0 Å². The minimum atomic E-state index is 0.368. The SMILES string of the molecule is Clc1cccc(NC2CCc3sc(Cl)cc32)c1. The first-order chi connectivity index (χ1) is 8.22. The van der Waals surface area contributed by atoms with Crippen LogP contribution in [0.2, 0.25) is 9.36 Å². The molecular weight excluding hydrogens is 273 g/mol. The molecule has 88 valence electrons. The van der Waals surface area contributed by atoms with Crippen molar-refractivity contribution in [2.24, 2.45) is 0 Å². The summed E-state index contributed by atoms with van der Waals surface area (Å²) in [5, 5.41) is 4.28. The molecule has 17 heavy (non-hydrogen) atoms. The van der Waals surface area contributed by atoms with Crippen molar-refractivity contribution in [3.63, 3.8) is 0 Å². The molecule has 1 aliphatic rings. The van der Waals surface area contributed by atoms with E-state index in [1.807, 2.05) is 24.3 Å². The van der Waals surface area contributed by atoms with E-state index in [1.165, 1.54) is 10.4 Å². The summed E-state index contributed by atoms with van der Waals surface area (Å²) in [4.78, 5) is 1.41. The van der Waals surface area contributed by atoms with Gasteiger partial charge in [0.2, 0.25) is 0 Å². The molecular formula is C13H11Cl2NS. The van der Waals surface area contributed by atoms with Gasteiger partial charge in [0.1, 0.15) is 0 Å². The van der Waals surface area contributed by atoms with Crippen LogP contribution >= 0.6 is 34.5 Å². The molecule has 0 fully saturated rings. The van der Waals surface area contributed by atoms with Crippen LogP contribution in [0.15, 0.2) is 30.3 Å². The van der Waals surface area contributed by atoms with Gasteiger partial charge in [-0.15, -0.1) is 11.3 Å². The zero-order valence-electron chi connectivity index (χ0n) is 9.04. The molecule has 1 heterocycles. The van der Waals surface area contributed by atoms with Crippen molar-refractivity contribution >= 4 is 40.2 Å². The number of aryl methyl sites for hydroxylation is 1. The summed E-state index contributed by atoms with van der Waals surface area (Å²) < 4.78 is 0.882. The Bertz CT molecular complexity index is 550. The van der Waals surface area contributed by atoms with Crippen molar-refractivity contribution in [3.8, 4) is 0 Å². The van der Waals surface area contributed by atoms with Crippen molar-refractivity contribution in [1.29, 1.82) is 0 Å². The summed E-state index contributed by atoms with van der Waals surface area (Å²) in [5.41, 5.74) is 2.41. The van der Waals surface area contributed by atoms with Gasteiger partial charge in [-0.2, -0.15) is 0 Å². The lowest BCUT2D eigenvalue weighted by atomic mass is 10.1. The van der Waals surface area contributed by atoms with Crippen molar-refractivity contribution in [3.05, 3.63) is 50.1 Å². The van der Waals surface area contributed by atoms with Crippen molar-refractivity contribution in [1.82, 2.24) is 0 Å². The molecule has 4 heteroatoms. The standard InChI is InChI=1S/C13H11Cl2NS/c14-8-2-1-3-9(6-8)16-11-4-5-12-10(11)7-13(15)17-12/h1-3,6-7,11,16H,4-5H2. The Balaban J connectivity index is 1.83. The number of rotatable bonds is 2. The van der Waals surface area contributed by atoms with Crippen LogP contribution in [0.5, 0.6) is 0 Å². The molecule has 0 saturated heterocycles. The Morgan fingerprint density at radius 1 is 1.24 bits per heavy atom. The Kier molecular flexibility index (Phi) is 3.03. The molecule has 0 radical (unpaired) electrons. The van der Waals surface area contributed by atoms with E-state index < -0.39 is 0 Å². The van der Waals surface area contributed by atoms with E-state index in [2.05, 4.69) is 11.4 Å². The van der Waals surface area contributed by atoms with Crippen LogP contribution in [-0.4, -0.2) is 0 Å². The van der Waals surface area contributed by atoms with E-state index in [1.54, 1.807) is 11.3 Å². The zero-order valence-corrected chi connectivity index (χ0v) is 11.4. The molecule has 1 aromatic heterocycles. The number of benzene rings is 1. The highest BCUT2D eigenvalue weighted by molar-refractivity contribution is 7.16. The zero-order chi connectivity index (χ0) is 11.8. The number of anilines is 1. The predicted octanol–water partition coefficient (Wildman–Crippen LogP) is 5.15. The van der Waals surface area contributed by atoms with E-state index >= 15 is 0 Å². The molecule has 1 N–H and O–H groups in total. The second kappa shape index (κ2) is 4.52. The second-order valence-electron chi connectivity index (χ2n) is 4.17. The van der Waals surface area contributed by atoms with Gasteiger partial charge in [0.25, 0.3) is 0 Å². The predicted molar refractivity (Wildman–Crippen MR) is 75.5 cm³/mol. The van der Waals surface area contributed by atoms with Gasteiger partial charge in [0, 0.05) is 15.6 Å². The molecule has 0 bridgehead atoms. The molecule has 0 spiro atoms. The van der Waals surface area contributed by atoms with Gasteiger partial charge >= 0.3 is 0 Å². The lowest BCUT2D eigenvalue weighted by Gasteiger charge is -2.14. The first kappa shape index (κ1) is 11.4. The first-order valence-electron chi connectivity index (χ1n) is 5.52. The van der Waals surface area contributed by atoms with Gasteiger partial charge in [0.15, 0.2) is 0 Å². The second-order valence-corrected chi connectivity index (χ2v) is 6.38. The summed E-state index contributed by atoms with van der Waals surface area (Å²) in [7, 11) is 0. The van der Waals surface area contributed by atoms with Crippen LogP contribution in [0.1, 0.15) is 22.9 Å². The largest absolute Gasteiger partial charge is 0.378 e. The molecule has 1 atom stereocenters. The number of nitrogens with one attached hydrogen (secondary N) is 1. The van der Waals surface area contributed by atoms with Crippen molar-refractivity contribution in [2.45, 2.75) is 18.9 Å². The molecule has 0 saturated carbocycles. The lowest BCUT2D eigenvalue weighted by Crippen LogP contribution is -2.06. The minimum Gasteiger partial charge on any atom is -0.378 e. The third kappa shape index (κ3) is 2.30. The maximum absolute atomic E-state index is 6.04. The molecule has 3 rings (SSSR count). The van der Waals surface area contributed by atoms with Gasteiger partial charge in [-0.3, -0.25) is 0 Å². The summed E-state index contributed by atoms with van der Waals surface area (Å²) in [6.07, 6.45) is 2.25. The molecule has 1 unspecified atom stereocenters. The topological polar surface area (TPSA) is 12.0 Å². The number of fused-ring (bicyclic) bond motifs is 1. The average molecular weight is 284 g/mol. The fourth-order valence-corrected chi connectivity index (χ4v) is 3.81. The summed E-state index contributed by atoms with van der Waals surface area (Å²) in [6.45, 7) is 0. The number of hydrogen-bond donors (Lipinski definition) is 1. The third-order valence-electron chi connectivity index (χ3n) is 3.01. The third-order valence-corrected chi connectivity index (χ3v) is 4.59. The summed E-state index contributed by atoms with van der Waals surface area (Å²) >= 11 is 13.7. The molecule has 1 nitrogen and oxygen atoms in total. The lowest BCUT2D eigenvalue weighted by molar-refractivity contribution is 0.762. The van der Waals surface area contributed by atoms with Crippen LogP contribution in [0.4, 0.5) is 5.69 Å². The fraction of sp³-hybridized carbons (Fsp3) is 0.231. The highest BCUT2D eigenvalue weighted by atomic mass is 35.5. The quantitative estimate of drug-likeness (QED) is 0.803. The fourth-order valence-electron chi connectivity index (χ4n) is 2.26. The van der Waals surface area contributed by atoms with Gasteiger partial charge < -0.3 is 5.32 Å². The van der Waals surface area contributed by atoms with Crippen LogP contribution in [-0.2, 0) is 6.42 Å². The smallest absolute Gasteiger partial charge is 0.0934 e. The van der Waals surface area contributed by atoms with Crippen LogP contribution < -0.4 is 5.32 Å². The maximum atomic E-state index is 6.04. The molecule has 1 aromatic carbocycles. The molecule has 0 aliphatic heterocycles. The maximum Gasteiger partial charge on any atom is 0.0934 e. The average Bonchev–Trinajstić information content (AvgIpc) is 2.80. The van der Waals surface area contributed by atoms with Crippen molar-refractivity contribution in [2.75, 3.05) is 5.32 Å². The Labute approximate surface area is 114 Å². The Hall–Kier alpha value is -0.700. The molecule has 1 aliphatic carbocycles. The number of halogens is 2. The minimum absolute atomic E-state index is 0.368. The first-order valence-corrected chi connectivity index (χ1v) is 7.10. The normalized spacial score (nSPS) is 18.1. The van der Waals surface area contributed by atoms with Crippen LogP contribution in [0.3, 0.4) is 0 Å². The Morgan fingerprint density at radius 2 is 2.12 bits per heavy atom. The van der Waals surface area contributed by atoms with E-state index in [0.717, 1.165) is 27.9 Å². The van der Waals surface area contributed by atoms with E-state index in [9.17, 15) is 0 Å². The summed E-state index contributed by atoms with van der Waals surface area (Å²) in [6, 6.07) is 10.3. The van der Waals surface area contributed by atoms with Gasteiger partial charge in [0.05, 0.1) is 10.4 Å². The van der Waals surface area contributed by atoms with Gasteiger partial charge in [-0.05, 0) is 42.7 Å². The van der Waals surface area contributed by atoms with Crippen LogP contribution in [0.25, 0.3) is 0 Å². The number of thiophene rings is 1. The van der Waals surface area contributed by atoms with Gasteiger partial charge in [-0.25, -0.2) is 0 Å². The molecule has 2 aromatic rings. The Morgan fingerprint density at radius 3 is 2.94 bits per heavy atom. The van der Waals surface area contributed by atoms with Crippen molar-refractivity contribution < 1.29 is 0 Å². The molecule has 0 amide bonds. The van der Waals surface area contributed by atoms with E-state index in [0.29, 0.717) is 6.04 Å². The van der Waals surface area contributed by atoms with E-state index in [-0.39, 0.29) is 0 Å². The highest BCUT2D eigenvalue weighted by Crippen LogP contribution is 2.40. The number of hydrogen-bond acceptors (Lipinski definition) is 2. The monoisotopic (exact) mass is 283 g/mol. The summed E-state index contributed by atoms with van der Waals surface area (Å²) in [5.74, 6) is 0.